The summed E-state index contributed by atoms with van der Waals surface area (Å²) in [6, 6.07) is 17.9. The van der Waals surface area contributed by atoms with Crippen molar-refractivity contribution >= 4 is 23.4 Å². The maximum atomic E-state index is 12.3. The highest BCUT2D eigenvalue weighted by atomic mass is 16.1. The lowest BCUT2D eigenvalue weighted by molar-refractivity contribution is -0.898. The van der Waals surface area contributed by atoms with Crippen molar-refractivity contribution < 1.29 is 9.69 Å². The number of nitrogens with one attached hydrogen (secondary N) is 2. The van der Waals surface area contributed by atoms with Gasteiger partial charge in [-0.25, -0.2) is 0 Å². The van der Waals surface area contributed by atoms with Crippen LogP contribution in [0.4, 0.5) is 11.4 Å². The summed E-state index contributed by atoms with van der Waals surface area (Å²) in [5.41, 5.74) is 3.01. The van der Waals surface area contributed by atoms with E-state index in [-0.39, 0.29) is 5.91 Å². The van der Waals surface area contributed by atoms with Gasteiger partial charge in [-0.1, -0.05) is 42.5 Å². The zero-order valence-corrected chi connectivity index (χ0v) is 14.7. The first kappa shape index (κ1) is 17.2. The van der Waals surface area contributed by atoms with E-state index < -0.39 is 0 Å². The van der Waals surface area contributed by atoms with Crippen molar-refractivity contribution in [2.75, 3.05) is 42.9 Å². The fraction of sp³-hybridized carbons (Fsp3) is 0.286. The van der Waals surface area contributed by atoms with E-state index in [0.717, 1.165) is 43.1 Å². The van der Waals surface area contributed by atoms with Crippen LogP contribution in [0.5, 0.6) is 0 Å². The first-order valence-electron chi connectivity index (χ1n) is 8.98. The van der Waals surface area contributed by atoms with E-state index in [2.05, 4.69) is 23.2 Å². The van der Waals surface area contributed by atoms with Crippen molar-refractivity contribution in [3.63, 3.8) is 0 Å². The molecule has 2 N–H and O–H groups in total. The molecule has 4 heteroatoms. The molecule has 0 aliphatic carbocycles. The van der Waals surface area contributed by atoms with Crippen molar-refractivity contribution in [2.24, 2.45) is 0 Å². The fourth-order valence-corrected chi connectivity index (χ4v) is 3.18. The number of piperazine rings is 1. The Balaban J connectivity index is 1.67. The molecule has 1 heterocycles. The van der Waals surface area contributed by atoms with Crippen LogP contribution in [-0.4, -0.2) is 38.6 Å². The van der Waals surface area contributed by atoms with Crippen LogP contribution in [0.2, 0.25) is 0 Å². The molecule has 0 bridgehead atoms. The van der Waals surface area contributed by atoms with Gasteiger partial charge >= 0.3 is 0 Å². The Labute approximate surface area is 149 Å². The van der Waals surface area contributed by atoms with Gasteiger partial charge < -0.3 is 15.1 Å². The molecule has 0 radical (unpaired) electrons. The molecule has 0 spiro atoms. The Bertz CT molecular complexity index is 719. The zero-order chi connectivity index (χ0) is 17.5. The number of para-hydroxylation sites is 2. The van der Waals surface area contributed by atoms with Crippen LogP contribution in [0.25, 0.3) is 6.08 Å². The lowest BCUT2D eigenvalue weighted by Crippen LogP contribution is -3.14. The molecule has 1 aliphatic rings. The molecular weight excluding hydrogens is 310 g/mol. The summed E-state index contributed by atoms with van der Waals surface area (Å²) in [5, 5.41) is 3.03. The second-order valence-corrected chi connectivity index (χ2v) is 6.34. The lowest BCUT2D eigenvalue weighted by atomic mass is 10.2. The minimum atomic E-state index is -0.103. The van der Waals surface area contributed by atoms with Crippen LogP contribution in [0, 0.1) is 0 Å². The molecule has 25 heavy (non-hydrogen) atoms. The molecular formula is C21H26N3O+. The Hall–Kier alpha value is -2.59. The van der Waals surface area contributed by atoms with Crippen LogP contribution in [0.1, 0.15) is 12.5 Å². The van der Waals surface area contributed by atoms with Crippen LogP contribution in [0.15, 0.2) is 60.7 Å². The highest BCUT2D eigenvalue weighted by Crippen LogP contribution is 2.25. The Kier molecular flexibility index (Phi) is 5.86. The SMILES string of the molecule is CC[NH+]1CCN(c2ccccc2NC(=O)/C=C/c2ccccc2)CC1. The van der Waals surface area contributed by atoms with E-state index in [9.17, 15) is 4.79 Å². The lowest BCUT2D eigenvalue weighted by Gasteiger charge is -2.34. The summed E-state index contributed by atoms with van der Waals surface area (Å²) in [6.45, 7) is 7.75. The Morgan fingerprint density at radius 3 is 2.48 bits per heavy atom. The highest BCUT2D eigenvalue weighted by molar-refractivity contribution is 6.03. The zero-order valence-electron chi connectivity index (χ0n) is 14.7. The Morgan fingerprint density at radius 1 is 1.08 bits per heavy atom. The second kappa shape index (κ2) is 8.49. The topological polar surface area (TPSA) is 36.8 Å². The Morgan fingerprint density at radius 2 is 1.76 bits per heavy atom. The van der Waals surface area contributed by atoms with Gasteiger partial charge in [0.15, 0.2) is 0 Å². The molecule has 1 aliphatic heterocycles. The fourth-order valence-electron chi connectivity index (χ4n) is 3.18. The molecule has 130 valence electrons. The third kappa shape index (κ3) is 4.70. The van der Waals surface area contributed by atoms with Crippen LogP contribution < -0.4 is 15.1 Å². The quantitative estimate of drug-likeness (QED) is 0.820. The predicted octanol–water partition coefficient (Wildman–Crippen LogP) is 2.06. The van der Waals surface area contributed by atoms with Gasteiger partial charge in [0.05, 0.1) is 44.1 Å². The molecule has 2 aromatic rings. The number of likely N-dealkylation sites (N-methyl/N-ethyl adjacent to an activating group) is 1. The van der Waals surface area contributed by atoms with E-state index in [0.29, 0.717) is 0 Å². The minimum absolute atomic E-state index is 0.103. The largest absolute Gasteiger partial charge is 0.359 e. The highest BCUT2D eigenvalue weighted by Gasteiger charge is 2.20. The predicted molar refractivity (Wildman–Crippen MR) is 104 cm³/mol. The summed E-state index contributed by atoms with van der Waals surface area (Å²) < 4.78 is 0. The summed E-state index contributed by atoms with van der Waals surface area (Å²) in [4.78, 5) is 16.3. The van der Waals surface area contributed by atoms with Gasteiger partial charge in [-0.05, 0) is 30.7 Å². The molecule has 4 nitrogen and oxygen atoms in total. The number of carbonyl (C=O) groups is 1. The normalized spacial score (nSPS) is 15.5. The van der Waals surface area contributed by atoms with Crippen LogP contribution in [0.3, 0.4) is 0 Å². The number of anilines is 2. The van der Waals surface area contributed by atoms with Gasteiger partial charge in [-0.2, -0.15) is 0 Å². The van der Waals surface area contributed by atoms with Crippen molar-refractivity contribution in [2.45, 2.75) is 6.92 Å². The molecule has 1 saturated heterocycles. The maximum Gasteiger partial charge on any atom is 0.248 e. The molecule has 0 atom stereocenters. The number of carbonyl (C=O) groups excluding carboxylic acids is 1. The summed E-state index contributed by atoms with van der Waals surface area (Å²) in [6.07, 6.45) is 3.42. The van der Waals surface area contributed by atoms with Crippen molar-refractivity contribution in [1.82, 2.24) is 0 Å². The van der Waals surface area contributed by atoms with E-state index >= 15 is 0 Å². The standard InChI is InChI=1S/C21H25N3O/c1-2-23-14-16-24(17-15-23)20-11-7-6-10-19(20)22-21(25)13-12-18-8-4-3-5-9-18/h3-13H,2,14-17H2,1H3,(H,22,25)/p+1/b13-12+. The maximum absolute atomic E-state index is 12.3. The number of rotatable bonds is 5. The second-order valence-electron chi connectivity index (χ2n) is 6.34. The first-order valence-corrected chi connectivity index (χ1v) is 8.98. The van der Waals surface area contributed by atoms with Gasteiger partial charge in [-0.3, -0.25) is 4.79 Å². The van der Waals surface area contributed by atoms with Crippen molar-refractivity contribution in [3.8, 4) is 0 Å². The number of quaternary nitrogens is 1. The van der Waals surface area contributed by atoms with Gasteiger partial charge in [0.25, 0.3) is 0 Å². The number of nitrogens with zero attached hydrogens (tertiary/aromatic N) is 1. The van der Waals surface area contributed by atoms with E-state index in [4.69, 9.17) is 0 Å². The third-order valence-corrected chi connectivity index (χ3v) is 4.70. The monoisotopic (exact) mass is 336 g/mol. The average molecular weight is 336 g/mol. The molecule has 3 rings (SSSR count). The van der Waals surface area contributed by atoms with Gasteiger partial charge in [0, 0.05) is 6.08 Å². The molecule has 0 unspecified atom stereocenters. The van der Waals surface area contributed by atoms with Crippen molar-refractivity contribution in [1.29, 1.82) is 0 Å². The van der Waals surface area contributed by atoms with Gasteiger partial charge in [-0.15, -0.1) is 0 Å². The average Bonchev–Trinajstić information content (AvgIpc) is 2.68. The first-order chi connectivity index (χ1) is 12.3. The van der Waals surface area contributed by atoms with Crippen LogP contribution >= 0.6 is 0 Å². The molecule has 0 aromatic heterocycles. The van der Waals surface area contributed by atoms with Gasteiger partial charge in [0.1, 0.15) is 0 Å². The molecule has 1 amide bonds. The van der Waals surface area contributed by atoms with Gasteiger partial charge in [0.2, 0.25) is 5.91 Å². The molecule has 0 saturated carbocycles. The number of hydrogen-bond acceptors (Lipinski definition) is 2. The summed E-state index contributed by atoms with van der Waals surface area (Å²) >= 11 is 0. The summed E-state index contributed by atoms with van der Waals surface area (Å²) in [7, 11) is 0. The number of benzene rings is 2. The molecule has 1 fully saturated rings. The number of hydrogen-bond donors (Lipinski definition) is 2. The third-order valence-electron chi connectivity index (χ3n) is 4.70. The van der Waals surface area contributed by atoms with Crippen molar-refractivity contribution in [3.05, 3.63) is 66.2 Å². The van der Waals surface area contributed by atoms with E-state index in [1.807, 2.05) is 54.6 Å². The van der Waals surface area contributed by atoms with E-state index in [1.54, 1.807) is 11.0 Å². The molecule has 2 aromatic carbocycles. The van der Waals surface area contributed by atoms with Crippen LogP contribution in [-0.2, 0) is 4.79 Å². The van der Waals surface area contributed by atoms with E-state index in [1.165, 1.54) is 6.54 Å². The summed E-state index contributed by atoms with van der Waals surface area (Å²) in [5.74, 6) is -0.103. The smallest absolute Gasteiger partial charge is 0.248 e. The number of amides is 1. The minimum Gasteiger partial charge on any atom is -0.359 e.